The molecule has 2 aromatic rings. The number of piperidine rings is 3. The molecule has 3 fully saturated rings. The van der Waals surface area contributed by atoms with Gasteiger partial charge in [-0.25, -0.2) is 0 Å². The van der Waals surface area contributed by atoms with Crippen molar-refractivity contribution in [3.05, 3.63) is 42.1 Å². The molecule has 0 saturated carbocycles. The SMILES string of the molecule is N[C@@H](c1ccnc2ccccc12)[C@@H]1C[C@@H]2CCN1C[C@@H]2CCSCCSCCP(=O)(O)O. The van der Waals surface area contributed by atoms with Gasteiger partial charge in [-0.1, -0.05) is 18.2 Å². The largest absolute Gasteiger partial charge is 0.326 e. The Morgan fingerprint density at radius 3 is 2.69 bits per heavy atom. The second-order valence-electron chi connectivity index (χ2n) is 8.95. The fourth-order valence-corrected chi connectivity index (χ4v) is 8.52. The van der Waals surface area contributed by atoms with Crippen molar-refractivity contribution in [1.29, 1.82) is 0 Å². The fourth-order valence-electron chi connectivity index (χ4n) is 5.24. The lowest BCUT2D eigenvalue weighted by Gasteiger charge is -2.52. The Labute approximate surface area is 199 Å². The molecule has 1 unspecified atom stereocenters. The van der Waals surface area contributed by atoms with Crippen LogP contribution >= 0.6 is 31.1 Å². The average molecular weight is 496 g/mol. The number of para-hydroxylation sites is 1. The van der Waals surface area contributed by atoms with Gasteiger partial charge in [0.15, 0.2) is 0 Å². The summed E-state index contributed by atoms with van der Waals surface area (Å²) in [5, 5.41) is 1.18. The Bertz CT molecular complexity index is 938. The number of nitrogens with two attached hydrogens (primary N) is 1. The van der Waals surface area contributed by atoms with Crippen LogP contribution in [-0.2, 0) is 4.57 Å². The molecule has 5 rings (SSSR count). The topological polar surface area (TPSA) is 99.7 Å². The minimum absolute atomic E-state index is 0.0134. The van der Waals surface area contributed by atoms with E-state index in [0.717, 1.165) is 41.9 Å². The second kappa shape index (κ2) is 11.2. The second-order valence-corrected chi connectivity index (χ2v) is 13.2. The van der Waals surface area contributed by atoms with Crippen molar-refractivity contribution in [3.8, 4) is 0 Å². The lowest BCUT2D eigenvalue weighted by molar-refractivity contribution is -0.0101. The summed E-state index contributed by atoms with van der Waals surface area (Å²) in [6.45, 7) is 2.32. The van der Waals surface area contributed by atoms with Crippen molar-refractivity contribution in [2.75, 3.05) is 42.3 Å². The summed E-state index contributed by atoms with van der Waals surface area (Å²) in [6, 6.07) is 10.8. The predicted molar refractivity (Wildman–Crippen MR) is 136 cm³/mol. The van der Waals surface area contributed by atoms with Gasteiger partial charge in [-0.2, -0.15) is 23.5 Å². The van der Waals surface area contributed by atoms with Crippen LogP contribution in [-0.4, -0.2) is 68.0 Å². The van der Waals surface area contributed by atoms with Crippen molar-refractivity contribution >= 4 is 42.0 Å². The van der Waals surface area contributed by atoms with Gasteiger partial charge >= 0.3 is 7.60 Å². The monoisotopic (exact) mass is 495 g/mol. The van der Waals surface area contributed by atoms with Gasteiger partial charge in [-0.3, -0.25) is 14.4 Å². The molecular weight excluding hydrogens is 461 g/mol. The lowest BCUT2D eigenvalue weighted by atomic mass is 9.72. The van der Waals surface area contributed by atoms with Crippen molar-refractivity contribution in [2.24, 2.45) is 17.6 Å². The highest BCUT2D eigenvalue weighted by Gasteiger charge is 2.42. The summed E-state index contributed by atoms with van der Waals surface area (Å²) in [5.74, 6) is 5.24. The molecule has 4 N–H and O–H groups in total. The summed E-state index contributed by atoms with van der Waals surface area (Å²) >= 11 is 3.61. The van der Waals surface area contributed by atoms with Gasteiger partial charge in [-0.05, 0) is 61.1 Å². The highest BCUT2D eigenvalue weighted by molar-refractivity contribution is 8.03. The van der Waals surface area contributed by atoms with Crippen LogP contribution in [0.5, 0.6) is 0 Å². The first kappa shape index (κ1) is 24.5. The third-order valence-electron chi connectivity index (χ3n) is 6.92. The molecule has 0 aliphatic carbocycles. The molecule has 0 amide bonds. The summed E-state index contributed by atoms with van der Waals surface area (Å²) in [5.41, 5.74) is 9.09. The number of pyridine rings is 1. The summed E-state index contributed by atoms with van der Waals surface area (Å²) in [7, 11) is -3.84. The van der Waals surface area contributed by atoms with Gasteiger partial charge in [0.25, 0.3) is 0 Å². The number of thioether (sulfide) groups is 2. The molecule has 5 atom stereocenters. The molecule has 2 bridgehead atoms. The van der Waals surface area contributed by atoms with Gasteiger partial charge in [0.05, 0.1) is 11.7 Å². The van der Waals surface area contributed by atoms with E-state index in [0.29, 0.717) is 11.8 Å². The fraction of sp³-hybridized carbons (Fsp3) is 0.609. The van der Waals surface area contributed by atoms with Crippen molar-refractivity contribution in [1.82, 2.24) is 9.88 Å². The molecule has 4 heterocycles. The van der Waals surface area contributed by atoms with Crippen LogP contribution < -0.4 is 5.73 Å². The summed E-state index contributed by atoms with van der Waals surface area (Å²) in [6.07, 6.45) is 5.59. The maximum absolute atomic E-state index is 10.9. The molecule has 9 heteroatoms. The van der Waals surface area contributed by atoms with Gasteiger partial charge in [-0.15, -0.1) is 0 Å². The van der Waals surface area contributed by atoms with Crippen LogP contribution in [0.25, 0.3) is 10.9 Å². The zero-order valence-electron chi connectivity index (χ0n) is 18.4. The minimum atomic E-state index is -3.84. The van der Waals surface area contributed by atoms with E-state index in [4.69, 9.17) is 15.5 Å². The normalized spacial score (nSPS) is 26.5. The van der Waals surface area contributed by atoms with E-state index in [1.165, 1.54) is 36.0 Å². The third-order valence-corrected chi connectivity index (χ3v) is 10.3. The van der Waals surface area contributed by atoms with Crippen LogP contribution in [0.2, 0.25) is 0 Å². The van der Waals surface area contributed by atoms with Crippen LogP contribution in [0, 0.1) is 11.8 Å². The number of hydrogen-bond donors (Lipinski definition) is 3. The molecule has 0 radical (unpaired) electrons. The number of benzene rings is 1. The highest BCUT2D eigenvalue weighted by Crippen LogP contribution is 2.42. The number of hydrogen-bond acceptors (Lipinski definition) is 6. The third kappa shape index (κ3) is 6.29. The van der Waals surface area contributed by atoms with Crippen LogP contribution in [0.15, 0.2) is 36.5 Å². The quantitative estimate of drug-likeness (QED) is 0.318. The Hall–Kier alpha value is -0.600. The van der Waals surface area contributed by atoms with Gasteiger partial charge in [0.1, 0.15) is 0 Å². The van der Waals surface area contributed by atoms with E-state index < -0.39 is 7.60 Å². The maximum atomic E-state index is 10.9. The standard InChI is InChI=1S/C23H34N3O3PS2/c24-23(20-5-8-25-21-4-2-1-3-19(20)21)22-15-17-6-9-26(22)16-18(17)7-11-31-13-14-32-12-10-30(27,28)29/h1-5,8,17-18,22-23H,6-7,9-16,24H2,(H2,27,28,29)/t17-,18-,22-,23-/m0/s1. The van der Waals surface area contributed by atoms with Gasteiger partial charge < -0.3 is 15.5 Å². The van der Waals surface area contributed by atoms with E-state index >= 15 is 0 Å². The summed E-state index contributed by atoms with van der Waals surface area (Å²) < 4.78 is 10.9. The number of nitrogens with zero attached hydrogens (tertiary/aromatic N) is 2. The van der Waals surface area contributed by atoms with E-state index in [1.807, 2.05) is 24.0 Å². The first-order valence-corrected chi connectivity index (χ1v) is 15.6. The smallest absolute Gasteiger partial charge is 0.324 e. The minimum Gasteiger partial charge on any atom is -0.324 e. The molecule has 3 saturated heterocycles. The predicted octanol–water partition coefficient (Wildman–Crippen LogP) is 3.98. The van der Waals surface area contributed by atoms with Gasteiger partial charge in [0, 0.05) is 47.5 Å². The zero-order valence-corrected chi connectivity index (χ0v) is 20.9. The van der Waals surface area contributed by atoms with Crippen LogP contribution in [0.4, 0.5) is 0 Å². The maximum Gasteiger partial charge on any atom is 0.326 e. The van der Waals surface area contributed by atoms with Crippen molar-refractivity contribution in [2.45, 2.75) is 31.3 Å². The van der Waals surface area contributed by atoms with Crippen LogP contribution in [0.3, 0.4) is 0 Å². The molecule has 32 heavy (non-hydrogen) atoms. The van der Waals surface area contributed by atoms with Crippen molar-refractivity contribution < 1.29 is 14.4 Å². The Kier molecular flexibility index (Phi) is 8.60. The number of fused-ring (bicyclic) bond motifs is 4. The lowest BCUT2D eigenvalue weighted by Crippen LogP contribution is -2.56. The molecule has 1 aromatic heterocycles. The van der Waals surface area contributed by atoms with E-state index in [-0.39, 0.29) is 12.2 Å². The first-order chi connectivity index (χ1) is 15.4. The molecule has 3 aliphatic rings. The molecule has 1 aromatic carbocycles. The molecule has 176 valence electrons. The average Bonchev–Trinajstić information content (AvgIpc) is 2.79. The van der Waals surface area contributed by atoms with E-state index in [9.17, 15) is 4.57 Å². The Balaban J connectivity index is 1.23. The van der Waals surface area contributed by atoms with E-state index in [2.05, 4.69) is 34.1 Å². The molecule has 6 nitrogen and oxygen atoms in total. The molecule has 0 spiro atoms. The van der Waals surface area contributed by atoms with Gasteiger partial charge in [0.2, 0.25) is 0 Å². The number of aromatic nitrogens is 1. The van der Waals surface area contributed by atoms with Crippen molar-refractivity contribution in [3.63, 3.8) is 0 Å². The molecule has 3 aliphatic heterocycles. The first-order valence-electron chi connectivity index (χ1n) is 11.5. The zero-order chi connectivity index (χ0) is 22.6. The van der Waals surface area contributed by atoms with E-state index in [1.54, 1.807) is 11.8 Å². The highest BCUT2D eigenvalue weighted by atomic mass is 32.2. The summed E-state index contributed by atoms with van der Waals surface area (Å²) in [4.78, 5) is 24.9. The molecular formula is C23H34N3O3PS2. The van der Waals surface area contributed by atoms with Crippen LogP contribution in [0.1, 0.15) is 30.9 Å². The Morgan fingerprint density at radius 2 is 1.94 bits per heavy atom. The number of rotatable bonds is 11. The Morgan fingerprint density at radius 1 is 1.16 bits per heavy atom.